The quantitative estimate of drug-likeness (QED) is 0.684. The molecule has 2 aliphatic heterocycles. The fraction of sp³-hybridized carbons (Fsp3) is 0.800. The van der Waals surface area contributed by atoms with Crippen LogP contribution in [0.4, 0.5) is 4.39 Å². The molecule has 2 aliphatic rings. The van der Waals surface area contributed by atoms with Crippen LogP contribution in [-0.4, -0.2) is 99.1 Å². The van der Waals surface area contributed by atoms with Crippen LogP contribution >= 0.6 is 11.3 Å². The third-order valence-electron chi connectivity index (χ3n) is 5.86. The number of piperazine rings is 2. The van der Waals surface area contributed by atoms with Crippen molar-refractivity contribution in [2.45, 2.75) is 25.7 Å². The number of rotatable bonds is 8. The molecule has 2 saturated heterocycles. The minimum absolute atomic E-state index is 0.00538. The molecule has 0 aliphatic carbocycles. The van der Waals surface area contributed by atoms with E-state index in [2.05, 4.69) is 33.7 Å². The lowest BCUT2D eigenvalue weighted by molar-refractivity contribution is 0.152. The molecule has 0 N–H and O–H groups in total. The normalized spacial score (nSPS) is 21.5. The van der Waals surface area contributed by atoms with Crippen molar-refractivity contribution in [3.8, 4) is 0 Å². The van der Waals surface area contributed by atoms with Gasteiger partial charge in [0.25, 0.3) is 0 Å². The van der Waals surface area contributed by atoms with Gasteiger partial charge in [-0.15, -0.1) is 11.3 Å². The minimum atomic E-state index is -0.00538. The van der Waals surface area contributed by atoms with Crippen molar-refractivity contribution in [3.63, 3.8) is 0 Å². The Morgan fingerprint density at radius 1 is 0.808 bits per heavy atom. The first-order chi connectivity index (χ1) is 12.6. The fourth-order valence-electron chi connectivity index (χ4n) is 3.95. The van der Waals surface area contributed by atoms with E-state index < -0.39 is 0 Å². The van der Waals surface area contributed by atoms with E-state index in [4.69, 9.17) is 0 Å². The van der Waals surface area contributed by atoms with Gasteiger partial charge in [-0.25, -0.2) is 0 Å². The summed E-state index contributed by atoms with van der Waals surface area (Å²) in [5, 5.41) is -0.00538. The lowest BCUT2D eigenvalue weighted by Gasteiger charge is -2.32. The minimum Gasteiger partial charge on any atom is -0.304 e. The zero-order valence-corrected chi connectivity index (χ0v) is 17.4. The molecule has 0 bridgehead atoms. The highest BCUT2D eigenvalue weighted by Gasteiger charge is 2.16. The summed E-state index contributed by atoms with van der Waals surface area (Å²) in [5.74, 6) is 0. The van der Waals surface area contributed by atoms with E-state index in [0.717, 1.165) is 38.8 Å². The summed E-state index contributed by atoms with van der Waals surface area (Å²) >= 11 is 1.37. The van der Waals surface area contributed by atoms with Crippen LogP contribution in [0, 0.1) is 5.13 Å². The smallest absolute Gasteiger partial charge is 0.176 e. The van der Waals surface area contributed by atoms with Gasteiger partial charge in [-0.2, -0.15) is 4.39 Å². The highest BCUT2D eigenvalue weighted by atomic mass is 32.1. The maximum Gasteiger partial charge on any atom is 0.176 e. The molecule has 0 radical (unpaired) electrons. The van der Waals surface area contributed by atoms with E-state index >= 15 is 0 Å². The van der Waals surface area contributed by atoms with E-state index in [9.17, 15) is 4.39 Å². The van der Waals surface area contributed by atoms with Crippen molar-refractivity contribution in [1.29, 1.82) is 0 Å². The first-order valence-electron chi connectivity index (χ1n) is 10.2. The lowest BCUT2D eigenvalue weighted by Crippen LogP contribution is -2.44. The summed E-state index contributed by atoms with van der Waals surface area (Å²) in [6.45, 7) is 11.7. The number of aryl methyl sites for hydroxylation is 2. The summed E-state index contributed by atoms with van der Waals surface area (Å²) in [6.07, 6.45) is 4.35. The molecule has 4 nitrogen and oxygen atoms in total. The van der Waals surface area contributed by atoms with Crippen molar-refractivity contribution in [2.75, 3.05) is 79.5 Å². The van der Waals surface area contributed by atoms with Crippen LogP contribution in [0.1, 0.15) is 23.3 Å². The predicted octanol–water partition coefficient (Wildman–Crippen LogP) is 2.25. The Labute approximate surface area is 162 Å². The summed E-state index contributed by atoms with van der Waals surface area (Å²) < 4.78 is 13.8. The molecule has 3 rings (SSSR count). The number of thiophene rings is 1. The van der Waals surface area contributed by atoms with Crippen LogP contribution in [0.2, 0.25) is 0 Å². The third kappa shape index (κ3) is 6.27. The standard InChI is InChI=1S/C20H35FN4S/c1-22-9-13-24(14-10-22)7-3-5-18-17-20(21)26-19(18)6-4-8-25-15-11-23(2)12-16-25/h17H,3-16H2,1-2H3. The van der Waals surface area contributed by atoms with Gasteiger partial charge in [0.15, 0.2) is 5.13 Å². The molecule has 3 heterocycles. The molecule has 1 aromatic heterocycles. The topological polar surface area (TPSA) is 13.0 Å². The second-order valence-corrected chi connectivity index (χ2v) is 9.08. The van der Waals surface area contributed by atoms with Gasteiger partial charge in [-0.1, -0.05) is 0 Å². The molecule has 0 spiro atoms. The van der Waals surface area contributed by atoms with Crippen LogP contribution in [0.25, 0.3) is 0 Å². The van der Waals surface area contributed by atoms with Crippen molar-refractivity contribution in [1.82, 2.24) is 19.6 Å². The Morgan fingerprint density at radius 2 is 1.31 bits per heavy atom. The van der Waals surface area contributed by atoms with Gasteiger partial charge >= 0.3 is 0 Å². The highest BCUT2D eigenvalue weighted by molar-refractivity contribution is 7.10. The van der Waals surface area contributed by atoms with Gasteiger partial charge in [-0.05, 0) is 64.5 Å². The second-order valence-electron chi connectivity index (χ2n) is 8.00. The Bertz CT molecular complexity index is 488. The Balaban J connectivity index is 1.38. The second kappa shape index (κ2) is 10.1. The van der Waals surface area contributed by atoms with Crippen LogP contribution in [0.3, 0.4) is 0 Å². The number of nitrogens with zero attached hydrogens (tertiary/aromatic N) is 4. The third-order valence-corrected chi connectivity index (χ3v) is 6.88. The molecule has 148 valence electrons. The first kappa shape index (κ1) is 20.2. The average Bonchev–Trinajstić information content (AvgIpc) is 2.98. The number of halogens is 1. The van der Waals surface area contributed by atoms with Crippen molar-refractivity contribution >= 4 is 11.3 Å². The Morgan fingerprint density at radius 3 is 1.85 bits per heavy atom. The van der Waals surface area contributed by atoms with Crippen LogP contribution < -0.4 is 0 Å². The van der Waals surface area contributed by atoms with Gasteiger partial charge < -0.3 is 19.6 Å². The zero-order valence-electron chi connectivity index (χ0n) is 16.6. The molecule has 0 amide bonds. The van der Waals surface area contributed by atoms with Gasteiger partial charge in [0.1, 0.15) is 0 Å². The number of hydrogen-bond acceptors (Lipinski definition) is 5. The molecular weight excluding hydrogens is 347 g/mol. The van der Waals surface area contributed by atoms with Gasteiger partial charge in [0.2, 0.25) is 0 Å². The van der Waals surface area contributed by atoms with Crippen LogP contribution in [-0.2, 0) is 12.8 Å². The van der Waals surface area contributed by atoms with Gasteiger partial charge in [0, 0.05) is 57.2 Å². The fourth-order valence-corrected chi connectivity index (χ4v) is 4.93. The molecule has 0 atom stereocenters. The van der Waals surface area contributed by atoms with Crippen molar-refractivity contribution in [2.24, 2.45) is 0 Å². The van der Waals surface area contributed by atoms with Gasteiger partial charge in [0.05, 0.1) is 0 Å². The summed E-state index contributed by atoms with van der Waals surface area (Å²) in [4.78, 5) is 11.2. The molecule has 0 unspecified atom stereocenters. The van der Waals surface area contributed by atoms with Gasteiger partial charge in [-0.3, -0.25) is 0 Å². The van der Waals surface area contributed by atoms with Crippen LogP contribution in [0.5, 0.6) is 0 Å². The molecule has 0 saturated carbocycles. The maximum atomic E-state index is 13.8. The monoisotopic (exact) mass is 382 g/mol. The Hall–Kier alpha value is -0.530. The van der Waals surface area contributed by atoms with E-state index in [1.165, 1.54) is 74.1 Å². The number of likely N-dealkylation sites (N-methyl/N-ethyl adjacent to an activating group) is 2. The van der Waals surface area contributed by atoms with E-state index in [1.807, 2.05) is 0 Å². The molecule has 2 fully saturated rings. The predicted molar refractivity (Wildman–Crippen MR) is 109 cm³/mol. The number of hydrogen-bond donors (Lipinski definition) is 0. The zero-order chi connectivity index (χ0) is 18.4. The summed E-state index contributed by atoms with van der Waals surface area (Å²) in [5.41, 5.74) is 1.26. The highest BCUT2D eigenvalue weighted by Crippen LogP contribution is 2.24. The average molecular weight is 383 g/mol. The van der Waals surface area contributed by atoms with Crippen LogP contribution in [0.15, 0.2) is 6.07 Å². The first-order valence-corrected chi connectivity index (χ1v) is 11.0. The summed E-state index contributed by atoms with van der Waals surface area (Å²) in [7, 11) is 4.39. The van der Waals surface area contributed by atoms with E-state index in [0.29, 0.717) is 0 Å². The van der Waals surface area contributed by atoms with Crippen molar-refractivity contribution < 1.29 is 4.39 Å². The Kier molecular flexibility index (Phi) is 7.88. The lowest BCUT2D eigenvalue weighted by atomic mass is 10.1. The van der Waals surface area contributed by atoms with E-state index in [1.54, 1.807) is 6.07 Å². The molecule has 6 heteroatoms. The molecule has 1 aromatic rings. The molecule has 0 aromatic carbocycles. The largest absolute Gasteiger partial charge is 0.304 e. The summed E-state index contributed by atoms with van der Waals surface area (Å²) in [6, 6.07) is 1.79. The maximum absolute atomic E-state index is 13.8. The SMILES string of the molecule is CN1CCN(CCCc2cc(F)sc2CCCN2CCN(C)CC2)CC1. The van der Waals surface area contributed by atoms with E-state index in [-0.39, 0.29) is 5.13 Å². The van der Waals surface area contributed by atoms with Crippen molar-refractivity contribution in [3.05, 3.63) is 21.6 Å². The molecular formula is C20H35FN4S. The molecule has 26 heavy (non-hydrogen) atoms.